The maximum Gasteiger partial charge on any atom is 0.319 e. The summed E-state index contributed by atoms with van der Waals surface area (Å²) < 4.78 is 0. The van der Waals surface area contributed by atoms with Crippen molar-refractivity contribution in [3.63, 3.8) is 0 Å². The third kappa shape index (κ3) is 6.84. The van der Waals surface area contributed by atoms with E-state index in [4.69, 9.17) is 0 Å². The first-order valence-electron chi connectivity index (χ1n) is 10.7. The van der Waals surface area contributed by atoms with Gasteiger partial charge in [-0.3, -0.25) is 9.59 Å². The number of amides is 4. The number of aryl methyl sites for hydroxylation is 2. The first kappa shape index (κ1) is 22.3. The molecule has 0 heterocycles. The number of carbonyl (C=O) groups is 3. The predicted molar refractivity (Wildman–Crippen MR) is 122 cm³/mol. The van der Waals surface area contributed by atoms with Crippen molar-refractivity contribution in [2.45, 2.75) is 39.5 Å². The van der Waals surface area contributed by atoms with E-state index >= 15 is 0 Å². The Hall–Kier alpha value is -3.35. The van der Waals surface area contributed by atoms with Gasteiger partial charge in [0.2, 0.25) is 5.91 Å². The van der Waals surface area contributed by atoms with E-state index < -0.39 is 0 Å². The van der Waals surface area contributed by atoms with E-state index in [0.717, 1.165) is 42.5 Å². The number of anilines is 2. The van der Waals surface area contributed by atoms with E-state index in [-0.39, 0.29) is 23.8 Å². The van der Waals surface area contributed by atoms with Gasteiger partial charge in [-0.2, -0.15) is 0 Å². The summed E-state index contributed by atoms with van der Waals surface area (Å²) in [6.45, 7) is 4.56. The number of carbonyl (C=O) groups excluding carboxylic acids is 3. The van der Waals surface area contributed by atoms with Crippen molar-refractivity contribution in [2.75, 3.05) is 23.7 Å². The van der Waals surface area contributed by atoms with Gasteiger partial charge < -0.3 is 21.3 Å². The number of hydrogen-bond acceptors (Lipinski definition) is 3. The predicted octanol–water partition coefficient (Wildman–Crippen LogP) is 3.98. The highest BCUT2D eigenvalue weighted by Gasteiger charge is 2.22. The lowest BCUT2D eigenvalue weighted by atomic mass is 10.1. The van der Waals surface area contributed by atoms with Crippen molar-refractivity contribution in [2.24, 2.45) is 5.92 Å². The molecule has 1 fully saturated rings. The van der Waals surface area contributed by atoms with Crippen molar-refractivity contribution >= 4 is 29.2 Å². The zero-order valence-electron chi connectivity index (χ0n) is 18.1. The van der Waals surface area contributed by atoms with E-state index in [9.17, 15) is 14.4 Å². The lowest BCUT2D eigenvalue weighted by Crippen LogP contribution is -2.36. The Balaban J connectivity index is 1.38. The molecule has 164 valence electrons. The summed E-state index contributed by atoms with van der Waals surface area (Å²) in [6.07, 6.45) is 4.12. The maximum absolute atomic E-state index is 12.3. The summed E-state index contributed by atoms with van der Waals surface area (Å²) >= 11 is 0. The summed E-state index contributed by atoms with van der Waals surface area (Å²) in [6, 6.07) is 12.3. The van der Waals surface area contributed by atoms with Gasteiger partial charge in [-0.1, -0.05) is 18.9 Å². The minimum absolute atomic E-state index is 0.0554. The monoisotopic (exact) mass is 422 g/mol. The molecule has 4 amide bonds. The molecule has 0 unspecified atom stereocenters. The maximum atomic E-state index is 12.3. The van der Waals surface area contributed by atoms with E-state index in [1.165, 1.54) is 0 Å². The fourth-order valence-corrected chi connectivity index (χ4v) is 3.81. The molecular formula is C24H30N4O3. The third-order valence-electron chi connectivity index (χ3n) is 5.32. The van der Waals surface area contributed by atoms with Gasteiger partial charge in [0.1, 0.15) is 0 Å². The number of hydrogen-bond donors (Lipinski definition) is 4. The van der Waals surface area contributed by atoms with Crippen LogP contribution in [0.3, 0.4) is 0 Å². The second-order valence-corrected chi connectivity index (χ2v) is 8.06. The van der Waals surface area contributed by atoms with Crippen LogP contribution in [-0.2, 0) is 4.79 Å². The highest BCUT2D eigenvalue weighted by molar-refractivity contribution is 5.96. The molecule has 0 aromatic heterocycles. The lowest BCUT2D eigenvalue weighted by Gasteiger charge is -2.11. The number of benzene rings is 2. The van der Waals surface area contributed by atoms with Crippen LogP contribution >= 0.6 is 0 Å². The molecule has 1 aliphatic rings. The standard InChI is InChI=1S/C24H30N4O3/c1-16-13-17(2)15-21(14-16)28-24(31)26-12-11-25-22(29)19-7-9-20(10-8-19)27-23(30)18-5-3-4-6-18/h7-10,13-15,18H,3-6,11-12H2,1-2H3,(H,25,29)(H,27,30)(H2,26,28,31). The fourth-order valence-electron chi connectivity index (χ4n) is 3.81. The molecule has 0 bridgehead atoms. The van der Waals surface area contributed by atoms with Crippen LogP contribution in [0, 0.1) is 19.8 Å². The zero-order chi connectivity index (χ0) is 22.2. The normalized spacial score (nSPS) is 13.5. The lowest BCUT2D eigenvalue weighted by molar-refractivity contribution is -0.119. The Bertz CT molecular complexity index is 914. The van der Waals surface area contributed by atoms with Crippen LogP contribution in [0.5, 0.6) is 0 Å². The summed E-state index contributed by atoms with van der Waals surface area (Å²) in [5, 5.41) is 11.2. The highest BCUT2D eigenvalue weighted by atomic mass is 16.2. The molecule has 31 heavy (non-hydrogen) atoms. The molecule has 3 rings (SSSR count). The van der Waals surface area contributed by atoms with E-state index in [0.29, 0.717) is 24.3 Å². The van der Waals surface area contributed by atoms with Gasteiger partial charge in [-0.25, -0.2) is 4.79 Å². The Morgan fingerprint density at radius 3 is 2.06 bits per heavy atom. The summed E-state index contributed by atoms with van der Waals surface area (Å²) in [7, 11) is 0. The van der Waals surface area contributed by atoms with Crippen molar-refractivity contribution in [3.05, 3.63) is 59.2 Å². The van der Waals surface area contributed by atoms with Gasteiger partial charge in [-0.05, 0) is 74.2 Å². The number of nitrogens with one attached hydrogen (secondary N) is 4. The number of urea groups is 1. The van der Waals surface area contributed by atoms with E-state index in [1.54, 1.807) is 24.3 Å². The molecule has 2 aromatic rings. The Labute approximate surface area is 183 Å². The second-order valence-electron chi connectivity index (χ2n) is 8.06. The molecule has 7 nitrogen and oxygen atoms in total. The molecule has 1 saturated carbocycles. The molecule has 0 atom stereocenters. The quantitative estimate of drug-likeness (QED) is 0.508. The van der Waals surface area contributed by atoms with Gasteiger partial charge in [-0.15, -0.1) is 0 Å². The van der Waals surface area contributed by atoms with Crippen LogP contribution in [0.25, 0.3) is 0 Å². The Kier molecular flexibility index (Phi) is 7.65. The summed E-state index contributed by atoms with van der Waals surface area (Å²) in [5.41, 5.74) is 4.08. The first-order valence-corrected chi connectivity index (χ1v) is 10.7. The topological polar surface area (TPSA) is 99.3 Å². The second kappa shape index (κ2) is 10.6. The molecular weight excluding hydrogens is 392 g/mol. The van der Waals surface area contributed by atoms with Gasteiger partial charge in [0.05, 0.1) is 0 Å². The van der Waals surface area contributed by atoms with Crippen molar-refractivity contribution < 1.29 is 14.4 Å². The van der Waals surface area contributed by atoms with E-state index in [1.807, 2.05) is 32.0 Å². The molecule has 2 aromatic carbocycles. The van der Waals surface area contributed by atoms with Crippen molar-refractivity contribution in [1.82, 2.24) is 10.6 Å². The fraction of sp³-hybridized carbons (Fsp3) is 0.375. The average Bonchev–Trinajstić information content (AvgIpc) is 3.26. The van der Waals surface area contributed by atoms with E-state index in [2.05, 4.69) is 21.3 Å². The smallest absolute Gasteiger partial charge is 0.319 e. The highest BCUT2D eigenvalue weighted by Crippen LogP contribution is 2.26. The van der Waals surface area contributed by atoms with Crippen LogP contribution in [0.2, 0.25) is 0 Å². The Morgan fingerprint density at radius 1 is 0.806 bits per heavy atom. The van der Waals surface area contributed by atoms with Crippen LogP contribution in [0.1, 0.15) is 47.2 Å². The molecule has 0 saturated heterocycles. The minimum Gasteiger partial charge on any atom is -0.350 e. The largest absolute Gasteiger partial charge is 0.350 e. The third-order valence-corrected chi connectivity index (χ3v) is 5.32. The molecule has 0 aliphatic heterocycles. The van der Waals surface area contributed by atoms with Crippen LogP contribution < -0.4 is 21.3 Å². The Morgan fingerprint density at radius 2 is 1.42 bits per heavy atom. The van der Waals surface area contributed by atoms with Gasteiger partial charge in [0.15, 0.2) is 0 Å². The minimum atomic E-state index is -0.318. The summed E-state index contributed by atoms with van der Waals surface area (Å²) in [5.74, 6) is -0.0762. The van der Waals surface area contributed by atoms with Gasteiger partial charge >= 0.3 is 6.03 Å². The molecule has 0 spiro atoms. The SMILES string of the molecule is Cc1cc(C)cc(NC(=O)NCCNC(=O)c2ccc(NC(=O)C3CCCC3)cc2)c1. The molecule has 0 radical (unpaired) electrons. The van der Waals surface area contributed by atoms with Crippen LogP contribution in [-0.4, -0.2) is 30.9 Å². The zero-order valence-corrected chi connectivity index (χ0v) is 18.1. The first-order chi connectivity index (χ1) is 14.9. The molecule has 1 aliphatic carbocycles. The molecule has 7 heteroatoms. The van der Waals surface area contributed by atoms with Crippen molar-refractivity contribution in [3.8, 4) is 0 Å². The van der Waals surface area contributed by atoms with Crippen molar-refractivity contribution in [1.29, 1.82) is 0 Å². The van der Waals surface area contributed by atoms with Crippen LogP contribution in [0.4, 0.5) is 16.2 Å². The van der Waals surface area contributed by atoms with Gasteiger partial charge in [0.25, 0.3) is 5.91 Å². The molecule has 4 N–H and O–H groups in total. The average molecular weight is 423 g/mol. The van der Waals surface area contributed by atoms with Gasteiger partial charge in [0, 0.05) is 35.9 Å². The number of rotatable bonds is 7. The van der Waals surface area contributed by atoms with Crippen LogP contribution in [0.15, 0.2) is 42.5 Å². The summed E-state index contributed by atoms with van der Waals surface area (Å²) in [4.78, 5) is 36.5.